The average Bonchev–Trinajstić information content (AvgIpc) is 2.55. The van der Waals surface area contributed by atoms with Crippen molar-refractivity contribution in [1.29, 1.82) is 0 Å². The first kappa shape index (κ1) is 18.3. The number of rotatable bonds is 7. The van der Waals surface area contributed by atoms with E-state index in [0.29, 0.717) is 18.7 Å². The Morgan fingerprint density at radius 3 is 2.04 bits per heavy atom. The summed E-state index contributed by atoms with van der Waals surface area (Å²) in [6.45, 7) is 4.00. The van der Waals surface area contributed by atoms with E-state index in [9.17, 15) is 8.42 Å². The van der Waals surface area contributed by atoms with Crippen LogP contribution in [0.5, 0.6) is 11.5 Å². The third kappa shape index (κ3) is 4.27. The molecule has 0 saturated heterocycles. The van der Waals surface area contributed by atoms with Crippen molar-refractivity contribution >= 4 is 10.0 Å². The highest BCUT2D eigenvalue weighted by Crippen LogP contribution is 2.26. The SMILES string of the molecule is COc1ccc(CCNS(=O)(=O)c2cc(C)c(OC)c(C)c2)cc1. The van der Waals surface area contributed by atoms with Crippen molar-refractivity contribution < 1.29 is 17.9 Å². The van der Waals surface area contributed by atoms with Crippen LogP contribution >= 0.6 is 0 Å². The fourth-order valence-electron chi connectivity index (χ4n) is 2.59. The lowest BCUT2D eigenvalue weighted by molar-refractivity contribution is 0.408. The van der Waals surface area contributed by atoms with Crippen LogP contribution in [-0.4, -0.2) is 29.2 Å². The van der Waals surface area contributed by atoms with E-state index in [1.165, 1.54) is 0 Å². The minimum atomic E-state index is -3.54. The molecule has 2 rings (SSSR count). The van der Waals surface area contributed by atoms with Gasteiger partial charge in [-0.2, -0.15) is 0 Å². The summed E-state index contributed by atoms with van der Waals surface area (Å²) in [5, 5.41) is 0. The van der Waals surface area contributed by atoms with Gasteiger partial charge in [0, 0.05) is 6.54 Å². The summed E-state index contributed by atoms with van der Waals surface area (Å²) < 4.78 is 37.9. The second-order valence-electron chi connectivity index (χ2n) is 5.59. The van der Waals surface area contributed by atoms with Gasteiger partial charge in [-0.25, -0.2) is 13.1 Å². The summed E-state index contributed by atoms with van der Waals surface area (Å²) >= 11 is 0. The van der Waals surface area contributed by atoms with Gasteiger partial charge in [-0.1, -0.05) is 12.1 Å². The highest BCUT2D eigenvalue weighted by atomic mass is 32.2. The van der Waals surface area contributed by atoms with Crippen LogP contribution < -0.4 is 14.2 Å². The fourth-order valence-corrected chi connectivity index (χ4v) is 3.79. The molecule has 0 aliphatic heterocycles. The molecule has 0 bridgehead atoms. The van der Waals surface area contributed by atoms with Gasteiger partial charge in [0.15, 0.2) is 0 Å². The van der Waals surface area contributed by atoms with E-state index in [1.807, 2.05) is 38.1 Å². The smallest absolute Gasteiger partial charge is 0.240 e. The highest BCUT2D eigenvalue weighted by molar-refractivity contribution is 7.89. The molecule has 0 fully saturated rings. The first-order valence-corrected chi connectivity index (χ1v) is 9.13. The molecule has 0 aliphatic carbocycles. The van der Waals surface area contributed by atoms with Gasteiger partial charge < -0.3 is 9.47 Å². The number of hydrogen-bond donors (Lipinski definition) is 1. The van der Waals surface area contributed by atoms with Gasteiger partial charge in [0.25, 0.3) is 0 Å². The molecule has 0 spiro atoms. The zero-order valence-corrected chi connectivity index (χ0v) is 15.2. The van der Waals surface area contributed by atoms with E-state index < -0.39 is 10.0 Å². The molecule has 1 N–H and O–H groups in total. The molecule has 0 heterocycles. The van der Waals surface area contributed by atoms with E-state index in [1.54, 1.807) is 26.4 Å². The van der Waals surface area contributed by atoms with Crippen molar-refractivity contribution in [2.45, 2.75) is 25.2 Å². The number of sulfonamides is 1. The molecule has 24 heavy (non-hydrogen) atoms. The van der Waals surface area contributed by atoms with Gasteiger partial charge in [0.1, 0.15) is 11.5 Å². The van der Waals surface area contributed by atoms with E-state index in [-0.39, 0.29) is 4.90 Å². The molecule has 0 aromatic heterocycles. The van der Waals surface area contributed by atoms with E-state index in [2.05, 4.69) is 4.72 Å². The van der Waals surface area contributed by atoms with E-state index in [4.69, 9.17) is 9.47 Å². The maximum absolute atomic E-state index is 12.5. The standard InChI is InChI=1S/C18H23NO4S/c1-13-11-17(12-14(2)18(13)23-4)24(20,21)19-10-9-15-5-7-16(22-3)8-6-15/h5-8,11-12,19H,9-10H2,1-4H3. The van der Waals surface area contributed by atoms with Gasteiger partial charge in [-0.05, 0) is 61.2 Å². The van der Waals surface area contributed by atoms with Gasteiger partial charge in [0.05, 0.1) is 19.1 Å². The van der Waals surface area contributed by atoms with Crippen LogP contribution in [0.1, 0.15) is 16.7 Å². The van der Waals surface area contributed by atoms with Crippen molar-refractivity contribution in [3.05, 3.63) is 53.1 Å². The maximum atomic E-state index is 12.5. The molecule has 0 atom stereocenters. The topological polar surface area (TPSA) is 64.6 Å². The fraction of sp³-hybridized carbons (Fsp3) is 0.333. The van der Waals surface area contributed by atoms with Crippen LogP contribution in [0.4, 0.5) is 0 Å². The Hall–Kier alpha value is -2.05. The Morgan fingerprint density at radius 1 is 0.958 bits per heavy atom. The predicted molar refractivity (Wildman–Crippen MR) is 94.4 cm³/mol. The normalized spacial score (nSPS) is 11.3. The third-order valence-electron chi connectivity index (χ3n) is 3.81. The second-order valence-corrected chi connectivity index (χ2v) is 7.35. The zero-order chi connectivity index (χ0) is 17.7. The molecule has 6 heteroatoms. The Kier molecular flexibility index (Phi) is 5.85. The Balaban J connectivity index is 2.05. The largest absolute Gasteiger partial charge is 0.497 e. The van der Waals surface area contributed by atoms with Crippen molar-refractivity contribution in [3.8, 4) is 11.5 Å². The molecular formula is C18H23NO4S. The van der Waals surface area contributed by atoms with Crippen LogP contribution in [-0.2, 0) is 16.4 Å². The summed E-state index contributed by atoms with van der Waals surface area (Å²) in [7, 11) is -0.350. The molecule has 5 nitrogen and oxygen atoms in total. The van der Waals surface area contributed by atoms with E-state index in [0.717, 1.165) is 22.4 Å². The summed E-state index contributed by atoms with van der Waals surface area (Å²) in [4.78, 5) is 0.257. The molecule has 130 valence electrons. The summed E-state index contributed by atoms with van der Waals surface area (Å²) in [6.07, 6.45) is 0.608. The lowest BCUT2D eigenvalue weighted by Gasteiger charge is -2.12. The summed E-state index contributed by atoms with van der Waals surface area (Å²) in [5.41, 5.74) is 2.64. The van der Waals surface area contributed by atoms with Crippen LogP contribution in [0.25, 0.3) is 0 Å². The molecule has 0 unspecified atom stereocenters. The lowest BCUT2D eigenvalue weighted by atomic mass is 10.1. The van der Waals surface area contributed by atoms with Crippen molar-refractivity contribution in [2.24, 2.45) is 0 Å². The van der Waals surface area contributed by atoms with Crippen LogP contribution in [0.2, 0.25) is 0 Å². The molecule has 2 aromatic carbocycles. The Labute approximate surface area is 143 Å². The number of benzene rings is 2. The number of ether oxygens (including phenoxy) is 2. The van der Waals surface area contributed by atoms with Gasteiger partial charge >= 0.3 is 0 Å². The summed E-state index contributed by atoms with van der Waals surface area (Å²) in [6, 6.07) is 10.8. The van der Waals surface area contributed by atoms with Gasteiger partial charge in [-0.15, -0.1) is 0 Å². The quantitative estimate of drug-likeness (QED) is 0.835. The molecule has 0 radical (unpaired) electrons. The molecule has 0 amide bonds. The number of nitrogens with one attached hydrogen (secondary N) is 1. The van der Waals surface area contributed by atoms with Crippen molar-refractivity contribution in [3.63, 3.8) is 0 Å². The summed E-state index contributed by atoms with van der Waals surface area (Å²) in [5.74, 6) is 1.50. The molecule has 0 saturated carbocycles. The average molecular weight is 349 g/mol. The highest BCUT2D eigenvalue weighted by Gasteiger charge is 2.16. The van der Waals surface area contributed by atoms with Crippen LogP contribution in [0, 0.1) is 13.8 Å². The van der Waals surface area contributed by atoms with Crippen LogP contribution in [0.3, 0.4) is 0 Å². The third-order valence-corrected chi connectivity index (χ3v) is 5.25. The van der Waals surface area contributed by atoms with Crippen molar-refractivity contribution in [1.82, 2.24) is 4.72 Å². The first-order valence-electron chi connectivity index (χ1n) is 7.65. The minimum absolute atomic E-state index is 0.257. The molecule has 0 aliphatic rings. The molecular weight excluding hydrogens is 326 g/mol. The van der Waals surface area contributed by atoms with Gasteiger partial charge in [-0.3, -0.25) is 0 Å². The number of aryl methyl sites for hydroxylation is 2. The number of methoxy groups -OCH3 is 2. The maximum Gasteiger partial charge on any atom is 0.240 e. The van der Waals surface area contributed by atoms with Crippen LogP contribution in [0.15, 0.2) is 41.3 Å². The first-order chi connectivity index (χ1) is 11.4. The number of hydrogen-bond acceptors (Lipinski definition) is 4. The second kappa shape index (κ2) is 7.68. The van der Waals surface area contributed by atoms with Crippen molar-refractivity contribution in [2.75, 3.05) is 20.8 Å². The minimum Gasteiger partial charge on any atom is -0.497 e. The Bertz CT molecular complexity index is 775. The van der Waals surface area contributed by atoms with Gasteiger partial charge in [0.2, 0.25) is 10.0 Å². The Morgan fingerprint density at radius 2 is 1.54 bits per heavy atom. The predicted octanol–water partition coefficient (Wildman–Crippen LogP) is 2.84. The van der Waals surface area contributed by atoms with E-state index >= 15 is 0 Å². The molecule has 2 aromatic rings. The zero-order valence-electron chi connectivity index (χ0n) is 14.4. The lowest BCUT2D eigenvalue weighted by Crippen LogP contribution is -2.26. The monoisotopic (exact) mass is 349 g/mol.